The number of anilines is 1. The molecule has 9 heteroatoms. The summed E-state index contributed by atoms with van der Waals surface area (Å²) in [6.07, 6.45) is 1.45. The number of nitrogens with one attached hydrogen (secondary N) is 2. The first-order chi connectivity index (χ1) is 11.9. The number of fused-ring (bicyclic) bond motifs is 1. The van der Waals surface area contributed by atoms with Crippen LogP contribution in [-0.4, -0.2) is 36.6 Å². The fourth-order valence-electron chi connectivity index (χ4n) is 2.54. The first kappa shape index (κ1) is 16.9. The van der Waals surface area contributed by atoms with E-state index < -0.39 is 21.7 Å². The van der Waals surface area contributed by atoms with E-state index in [-0.39, 0.29) is 23.9 Å². The Morgan fingerprint density at radius 1 is 1.20 bits per heavy atom. The summed E-state index contributed by atoms with van der Waals surface area (Å²) in [5, 5.41) is 9.16. The molecule has 0 saturated heterocycles. The normalized spacial score (nSPS) is 14.6. The van der Waals surface area contributed by atoms with Gasteiger partial charge in [-0.3, -0.25) is 9.59 Å². The third kappa shape index (κ3) is 3.45. The molecule has 0 atom stereocenters. The van der Waals surface area contributed by atoms with E-state index >= 15 is 0 Å². The van der Waals surface area contributed by atoms with Crippen LogP contribution in [0, 0.1) is 0 Å². The number of amides is 2. The van der Waals surface area contributed by atoms with E-state index in [0.29, 0.717) is 16.9 Å². The molecule has 0 unspecified atom stereocenters. The Balaban J connectivity index is 1.98. The van der Waals surface area contributed by atoms with Crippen LogP contribution in [0.25, 0.3) is 5.69 Å². The van der Waals surface area contributed by atoms with E-state index in [1.165, 1.54) is 10.8 Å². The summed E-state index contributed by atoms with van der Waals surface area (Å²) in [5.41, 5.74) is 1.44. The summed E-state index contributed by atoms with van der Waals surface area (Å²) in [4.78, 5) is 23.9. The topological polar surface area (TPSA) is 110 Å². The number of benzene rings is 1. The molecule has 1 aromatic carbocycles. The lowest BCUT2D eigenvalue weighted by atomic mass is 10.2. The van der Waals surface area contributed by atoms with E-state index in [1.54, 1.807) is 24.3 Å². The van der Waals surface area contributed by atoms with Crippen molar-refractivity contribution in [2.75, 3.05) is 11.9 Å². The maximum atomic E-state index is 12.1. The van der Waals surface area contributed by atoms with Crippen molar-refractivity contribution in [3.8, 4) is 5.69 Å². The molecule has 0 radical (unpaired) electrons. The minimum atomic E-state index is -3.29. The Kier molecular flexibility index (Phi) is 4.41. The van der Waals surface area contributed by atoms with Crippen molar-refractivity contribution in [1.82, 2.24) is 15.1 Å². The van der Waals surface area contributed by atoms with Gasteiger partial charge in [0, 0.05) is 12.1 Å². The standard InChI is InChI=1S/C16H16N4O4S/c1-2-8-17-15(21)16(22)18-14-12-9-25(23,24)10-13(12)19-20(14)11-6-4-3-5-7-11/h2-7H,1,8-10H2,(H,17,21)(H,18,22). The highest BCUT2D eigenvalue weighted by atomic mass is 32.2. The van der Waals surface area contributed by atoms with Gasteiger partial charge in [0.15, 0.2) is 9.84 Å². The van der Waals surface area contributed by atoms with Crippen molar-refractivity contribution in [3.63, 3.8) is 0 Å². The van der Waals surface area contributed by atoms with E-state index in [0.717, 1.165) is 0 Å². The van der Waals surface area contributed by atoms with Crippen LogP contribution >= 0.6 is 0 Å². The maximum absolute atomic E-state index is 12.1. The van der Waals surface area contributed by atoms with Crippen molar-refractivity contribution < 1.29 is 18.0 Å². The third-order valence-electron chi connectivity index (χ3n) is 3.63. The number of para-hydroxylation sites is 1. The van der Waals surface area contributed by atoms with Gasteiger partial charge in [0.2, 0.25) is 0 Å². The maximum Gasteiger partial charge on any atom is 0.314 e. The van der Waals surface area contributed by atoms with Crippen molar-refractivity contribution in [2.24, 2.45) is 0 Å². The van der Waals surface area contributed by atoms with Gasteiger partial charge in [-0.25, -0.2) is 13.1 Å². The molecule has 1 aliphatic rings. The molecule has 2 aromatic rings. The summed E-state index contributed by atoms with van der Waals surface area (Å²) in [5.74, 6) is -1.95. The van der Waals surface area contributed by atoms with Crippen molar-refractivity contribution in [2.45, 2.75) is 11.5 Å². The average molecular weight is 360 g/mol. The second-order valence-corrected chi connectivity index (χ2v) is 7.57. The predicted molar refractivity (Wildman–Crippen MR) is 91.7 cm³/mol. The first-order valence-corrected chi connectivity index (χ1v) is 9.30. The smallest absolute Gasteiger partial charge is 0.314 e. The molecule has 8 nitrogen and oxygen atoms in total. The minimum Gasteiger partial charge on any atom is -0.344 e. The predicted octanol–water partition coefficient (Wildman–Crippen LogP) is 0.541. The van der Waals surface area contributed by atoms with Gasteiger partial charge in [-0.15, -0.1) is 6.58 Å². The molecule has 1 aliphatic heterocycles. The number of nitrogens with zero attached hydrogens (tertiary/aromatic N) is 2. The van der Waals surface area contributed by atoms with Gasteiger partial charge in [-0.2, -0.15) is 5.10 Å². The van der Waals surface area contributed by atoms with Crippen LogP contribution in [0.5, 0.6) is 0 Å². The fraction of sp³-hybridized carbons (Fsp3) is 0.188. The van der Waals surface area contributed by atoms with Crippen LogP contribution in [-0.2, 0) is 30.9 Å². The van der Waals surface area contributed by atoms with Crippen molar-refractivity contribution in [3.05, 3.63) is 54.2 Å². The highest BCUT2D eigenvalue weighted by molar-refractivity contribution is 7.90. The van der Waals surface area contributed by atoms with Crippen LogP contribution in [0.4, 0.5) is 5.82 Å². The number of carbonyl (C=O) groups is 2. The Morgan fingerprint density at radius 3 is 2.60 bits per heavy atom. The van der Waals surface area contributed by atoms with Gasteiger partial charge in [0.25, 0.3) is 0 Å². The number of aromatic nitrogens is 2. The Labute approximate surface area is 144 Å². The second-order valence-electron chi connectivity index (χ2n) is 5.51. The van der Waals surface area contributed by atoms with Crippen LogP contribution in [0.3, 0.4) is 0 Å². The molecule has 2 amide bonds. The highest BCUT2D eigenvalue weighted by Gasteiger charge is 2.33. The van der Waals surface area contributed by atoms with Crippen molar-refractivity contribution >= 4 is 27.5 Å². The molecule has 0 aliphatic carbocycles. The zero-order chi connectivity index (χ0) is 18.0. The van der Waals surface area contributed by atoms with Gasteiger partial charge < -0.3 is 10.6 Å². The Hall–Kier alpha value is -2.94. The van der Waals surface area contributed by atoms with Crippen molar-refractivity contribution in [1.29, 1.82) is 0 Å². The lowest BCUT2D eigenvalue weighted by Crippen LogP contribution is -2.36. The third-order valence-corrected chi connectivity index (χ3v) is 5.08. The molecule has 0 bridgehead atoms. The number of rotatable bonds is 4. The highest BCUT2D eigenvalue weighted by Crippen LogP contribution is 2.32. The summed E-state index contributed by atoms with van der Waals surface area (Å²) in [7, 11) is -3.29. The molecule has 0 fully saturated rings. The van der Waals surface area contributed by atoms with Gasteiger partial charge in [0.05, 0.1) is 22.9 Å². The second kappa shape index (κ2) is 6.52. The molecule has 2 heterocycles. The minimum absolute atomic E-state index is 0.149. The van der Waals surface area contributed by atoms with Gasteiger partial charge in [-0.05, 0) is 12.1 Å². The number of hydrogen-bond donors (Lipinski definition) is 2. The quantitative estimate of drug-likeness (QED) is 0.611. The Morgan fingerprint density at radius 2 is 1.92 bits per heavy atom. The molecular formula is C16H16N4O4S. The summed E-state index contributed by atoms with van der Waals surface area (Å²) in [6.45, 7) is 3.61. The monoisotopic (exact) mass is 360 g/mol. The SMILES string of the molecule is C=CCNC(=O)C(=O)Nc1c2c(nn1-c1ccccc1)CS(=O)(=O)C2. The average Bonchev–Trinajstić information content (AvgIpc) is 3.06. The number of hydrogen-bond acceptors (Lipinski definition) is 5. The van der Waals surface area contributed by atoms with Crippen LogP contribution in [0.1, 0.15) is 11.3 Å². The largest absolute Gasteiger partial charge is 0.344 e. The molecule has 1 aromatic heterocycles. The lowest BCUT2D eigenvalue weighted by Gasteiger charge is -2.10. The van der Waals surface area contributed by atoms with E-state index in [4.69, 9.17) is 0 Å². The van der Waals surface area contributed by atoms with E-state index in [9.17, 15) is 18.0 Å². The summed E-state index contributed by atoms with van der Waals surface area (Å²) in [6, 6.07) is 8.95. The zero-order valence-electron chi connectivity index (χ0n) is 13.2. The van der Waals surface area contributed by atoms with Gasteiger partial charge in [-0.1, -0.05) is 24.3 Å². The first-order valence-electron chi connectivity index (χ1n) is 7.48. The lowest BCUT2D eigenvalue weighted by molar-refractivity contribution is -0.136. The fourth-order valence-corrected chi connectivity index (χ4v) is 4.03. The van der Waals surface area contributed by atoms with Gasteiger partial charge in [0.1, 0.15) is 5.82 Å². The van der Waals surface area contributed by atoms with E-state index in [2.05, 4.69) is 22.3 Å². The molecule has 3 rings (SSSR count). The summed E-state index contributed by atoms with van der Waals surface area (Å²) >= 11 is 0. The summed E-state index contributed by atoms with van der Waals surface area (Å²) < 4.78 is 25.2. The molecule has 2 N–H and O–H groups in total. The van der Waals surface area contributed by atoms with Gasteiger partial charge >= 0.3 is 11.8 Å². The molecular weight excluding hydrogens is 344 g/mol. The van der Waals surface area contributed by atoms with Crippen LogP contribution in [0.2, 0.25) is 0 Å². The molecule has 25 heavy (non-hydrogen) atoms. The Bertz CT molecular complexity index is 948. The zero-order valence-corrected chi connectivity index (χ0v) is 14.0. The number of sulfone groups is 1. The molecule has 0 spiro atoms. The molecule has 0 saturated carbocycles. The van der Waals surface area contributed by atoms with Crippen LogP contribution in [0.15, 0.2) is 43.0 Å². The molecule has 130 valence electrons. The van der Waals surface area contributed by atoms with E-state index in [1.807, 2.05) is 6.07 Å². The number of carbonyl (C=O) groups excluding carboxylic acids is 2. The van der Waals surface area contributed by atoms with Crippen LogP contribution < -0.4 is 10.6 Å².